The van der Waals surface area contributed by atoms with E-state index in [1.54, 1.807) is 72.8 Å². The number of amides is 1. The summed E-state index contributed by atoms with van der Waals surface area (Å²) in [4.78, 5) is 66.7. The summed E-state index contributed by atoms with van der Waals surface area (Å²) < 4.78 is 32.4. The van der Waals surface area contributed by atoms with E-state index < -0.39 is 77.6 Å². The maximum Gasteiger partial charge on any atom is 0.407 e. The van der Waals surface area contributed by atoms with Crippen molar-refractivity contribution in [1.29, 1.82) is 0 Å². The van der Waals surface area contributed by atoms with Gasteiger partial charge in [0.05, 0.1) is 22.3 Å². The third-order valence-electron chi connectivity index (χ3n) is 7.42. The van der Waals surface area contributed by atoms with Crippen LogP contribution in [0.25, 0.3) is 0 Å². The van der Waals surface area contributed by atoms with Crippen molar-refractivity contribution in [3.8, 4) is 0 Å². The fraction of sp³-hybridized carbons (Fsp3) is 0.216. The highest BCUT2D eigenvalue weighted by atomic mass is 35.6. The number of carbonyl (C=O) groups is 5. The van der Waals surface area contributed by atoms with Gasteiger partial charge in [-0.1, -0.05) is 108 Å². The summed E-state index contributed by atoms with van der Waals surface area (Å²) in [5.41, 5.74) is 0.502. The van der Waals surface area contributed by atoms with E-state index in [9.17, 15) is 24.0 Å². The highest BCUT2D eigenvalue weighted by molar-refractivity contribution is 6.67. The smallest absolute Gasteiger partial charge is 0.407 e. The summed E-state index contributed by atoms with van der Waals surface area (Å²) in [6, 6.07) is 29.9. The lowest BCUT2D eigenvalue weighted by Crippen LogP contribution is -2.67. The molecule has 0 radical (unpaired) electrons. The van der Waals surface area contributed by atoms with Crippen molar-refractivity contribution in [2.75, 3.05) is 13.2 Å². The number of esters is 4. The van der Waals surface area contributed by atoms with Gasteiger partial charge in [-0.3, -0.25) is 0 Å². The predicted molar refractivity (Wildman–Crippen MR) is 187 cm³/mol. The molecule has 270 valence electrons. The van der Waals surface area contributed by atoms with Gasteiger partial charge in [-0.05, 0) is 48.5 Å². The Morgan fingerprint density at radius 2 is 0.962 bits per heavy atom. The molecule has 4 aromatic carbocycles. The number of alkyl halides is 3. The van der Waals surface area contributed by atoms with Crippen LogP contribution in [0.4, 0.5) is 4.79 Å². The van der Waals surface area contributed by atoms with Crippen LogP contribution in [0.5, 0.6) is 0 Å². The topological polar surface area (TPSA) is 153 Å². The van der Waals surface area contributed by atoms with E-state index in [0.717, 1.165) is 0 Å². The Morgan fingerprint density at radius 3 is 1.40 bits per heavy atom. The number of hydrogen-bond donors (Lipinski definition) is 1. The normalized spacial score (nSPS) is 19.7. The second kappa shape index (κ2) is 17.9. The van der Waals surface area contributed by atoms with Gasteiger partial charge in [-0.25, -0.2) is 24.0 Å². The molecule has 1 amide bonds. The monoisotopic (exact) mass is 769 g/mol. The molecule has 5 rings (SSSR count). The van der Waals surface area contributed by atoms with Gasteiger partial charge in [0.2, 0.25) is 10.1 Å². The average Bonchev–Trinajstić information content (AvgIpc) is 3.16. The second-order valence-corrected chi connectivity index (χ2v) is 13.6. The number of halogens is 3. The van der Waals surface area contributed by atoms with Gasteiger partial charge in [0, 0.05) is 0 Å². The summed E-state index contributed by atoms with van der Waals surface area (Å²) in [5, 5.41) is 2.44. The number of nitrogens with one attached hydrogen (secondary N) is 1. The molecule has 1 aliphatic heterocycles. The Hall–Kier alpha value is -5.14. The van der Waals surface area contributed by atoms with Crippen molar-refractivity contribution in [3.05, 3.63) is 144 Å². The Morgan fingerprint density at radius 1 is 0.558 bits per heavy atom. The van der Waals surface area contributed by atoms with E-state index >= 15 is 0 Å². The van der Waals surface area contributed by atoms with E-state index in [-0.39, 0.29) is 22.3 Å². The molecule has 1 saturated heterocycles. The first-order valence-corrected chi connectivity index (χ1v) is 16.8. The van der Waals surface area contributed by atoms with Crippen molar-refractivity contribution in [2.24, 2.45) is 0 Å². The first-order chi connectivity index (χ1) is 25.0. The summed E-state index contributed by atoms with van der Waals surface area (Å²) in [5.74, 6) is -3.46. The molecule has 1 N–H and O–H groups in total. The summed E-state index contributed by atoms with van der Waals surface area (Å²) in [6.07, 6.45) is -7.70. The van der Waals surface area contributed by atoms with Crippen LogP contribution < -0.4 is 5.32 Å². The van der Waals surface area contributed by atoms with Crippen LogP contribution in [0.3, 0.4) is 0 Å². The van der Waals surface area contributed by atoms with Crippen LogP contribution in [0.15, 0.2) is 121 Å². The number of carbonyl (C=O) groups excluding carboxylic acids is 5. The molecule has 0 aromatic heterocycles. The highest BCUT2D eigenvalue weighted by Gasteiger charge is 2.53. The van der Waals surface area contributed by atoms with Crippen molar-refractivity contribution in [1.82, 2.24) is 5.32 Å². The zero-order valence-corrected chi connectivity index (χ0v) is 29.2. The van der Waals surface area contributed by atoms with Gasteiger partial charge >= 0.3 is 30.0 Å². The molecule has 5 atom stereocenters. The molecule has 52 heavy (non-hydrogen) atoms. The Balaban J connectivity index is 1.56. The molecule has 0 saturated carbocycles. The third-order valence-corrected chi connectivity index (χ3v) is 7.75. The van der Waals surface area contributed by atoms with Crippen LogP contribution in [-0.2, 0) is 28.4 Å². The molecule has 4 aromatic rings. The lowest BCUT2D eigenvalue weighted by atomic mass is 9.96. The maximum absolute atomic E-state index is 13.6. The largest absolute Gasteiger partial charge is 0.459 e. The zero-order valence-electron chi connectivity index (χ0n) is 27.0. The molecule has 1 aliphatic rings. The summed E-state index contributed by atoms with van der Waals surface area (Å²) >= 11 is 17.3. The number of benzene rings is 4. The number of ether oxygens (including phenoxy) is 6. The molecule has 0 aliphatic carbocycles. The van der Waals surface area contributed by atoms with Gasteiger partial charge in [-0.15, -0.1) is 0 Å². The van der Waals surface area contributed by atoms with Crippen LogP contribution >= 0.6 is 34.8 Å². The Labute approximate surface area is 312 Å². The minimum atomic E-state index is -2.00. The molecule has 5 unspecified atom stereocenters. The van der Waals surface area contributed by atoms with Crippen LogP contribution in [0, 0.1) is 0 Å². The number of hydrogen-bond acceptors (Lipinski definition) is 11. The summed E-state index contributed by atoms with van der Waals surface area (Å²) in [7, 11) is 0. The third kappa shape index (κ3) is 10.7. The van der Waals surface area contributed by atoms with E-state index in [1.807, 2.05) is 0 Å². The molecular formula is C37H30Cl3NO11. The SMILES string of the molecule is O=C(NC1C(OC(=O)c2ccccc2)OC(COC(=O)c2ccccc2)C(OC(=O)c2ccccc2)C1OC(=O)c1ccccc1)OCC(Cl)(Cl)Cl. The van der Waals surface area contributed by atoms with E-state index in [0.29, 0.717) is 0 Å². The second-order valence-electron chi connectivity index (χ2n) is 11.1. The van der Waals surface area contributed by atoms with Crippen LogP contribution in [-0.4, -0.2) is 77.6 Å². The lowest BCUT2D eigenvalue weighted by Gasteiger charge is -2.44. The van der Waals surface area contributed by atoms with Crippen molar-refractivity contribution >= 4 is 64.8 Å². The van der Waals surface area contributed by atoms with Gasteiger partial charge in [0.15, 0.2) is 12.2 Å². The number of alkyl carbamates (subject to hydrolysis) is 1. The molecule has 12 nitrogen and oxygen atoms in total. The molecular weight excluding hydrogens is 741 g/mol. The lowest BCUT2D eigenvalue weighted by molar-refractivity contribution is -0.251. The Kier molecular flexibility index (Phi) is 13.1. The minimum Gasteiger partial charge on any atom is -0.459 e. The van der Waals surface area contributed by atoms with E-state index in [1.165, 1.54) is 48.5 Å². The van der Waals surface area contributed by atoms with Crippen molar-refractivity contribution in [3.63, 3.8) is 0 Å². The average molecular weight is 771 g/mol. The molecule has 1 heterocycles. The zero-order chi connectivity index (χ0) is 37.1. The van der Waals surface area contributed by atoms with Crippen molar-refractivity contribution < 1.29 is 52.4 Å². The first-order valence-electron chi connectivity index (χ1n) is 15.6. The maximum atomic E-state index is 13.6. The quantitative estimate of drug-likeness (QED) is 0.103. The summed E-state index contributed by atoms with van der Waals surface area (Å²) in [6.45, 7) is -1.30. The molecule has 0 bridgehead atoms. The predicted octanol–water partition coefficient (Wildman–Crippen LogP) is 6.34. The molecule has 1 fully saturated rings. The van der Waals surface area contributed by atoms with Crippen molar-refractivity contribution in [2.45, 2.75) is 34.4 Å². The van der Waals surface area contributed by atoms with E-state index in [4.69, 9.17) is 63.2 Å². The van der Waals surface area contributed by atoms with Crippen LogP contribution in [0.1, 0.15) is 41.4 Å². The van der Waals surface area contributed by atoms with Gasteiger partial charge in [0.25, 0.3) is 0 Å². The number of rotatable bonds is 11. The fourth-order valence-electron chi connectivity index (χ4n) is 4.99. The first kappa shape index (κ1) is 38.1. The highest BCUT2D eigenvalue weighted by Crippen LogP contribution is 2.31. The molecule has 0 spiro atoms. The van der Waals surface area contributed by atoms with E-state index in [2.05, 4.69) is 5.32 Å². The van der Waals surface area contributed by atoms with Gasteiger partial charge in [0.1, 0.15) is 25.4 Å². The minimum absolute atomic E-state index is 0.0875. The molecule has 15 heteroatoms. The Bertz CT molecular complexity index is 1830. The van der Waals surface area contributed by atoms with Gasteiger partial charge < -0.3 is 33.7 Å². The standard InChI is InChI=1S/C37H30Cl3NO11/c38-37(39,40)22-48-36(46)41-28-30(51-33(44)25-17-9-3-10-18-25)29(50-32(43)24-15-7-2-8-16-24)27(21-47-31(42)23-13-5-1-6-14-23)49-35(28)52-34(45)26-19-11-4-12-20-26/h1-20,27-30,35H,21-22H2,(H,41,46). The van der Waals surface area contributed by atoms with Crippen LogP contribution in [0.2, 0.25) is 0 Å². The van der Waals surface area contributed by atoms with Gasteiger partial charge in [-0.2, -0.15) is 0 Å². The fourth-order valence-corrected chi connectivity index (χ4v) is 5.16.